The van der Waals surface area contributed by atoms with Gasteiger partial charge in [-0.3, -0.25) is 4.90 Å². The molecule has 28 heavy (non-hydrogen) atoms. The Morgan fingerprint density at radius 1 is 0.929 bits per heavy atom. The first-order valence-corrected chi connectivity index (χ1v) is 12.3. The fourth-order valence-electron chi connectivity index (χ4n) is 5.57. The molecule has 2 aromatic carbocycles. The molecule has 1 aliphatic carbocycles. The van der Waals surface area contributed by atoms with Gasteiger partial charge in [0.2, 0.25) is 0 Å². The average molecular weight is 396 g/mol. The molecule has 1 saturated carbocycles. The fourth-order valence-corrected chi connectivity index (χ4v) is 8.85. The van der Waals surface area contributed by atoms with E-state index in [9.17, 15) is 0 Å². The highest BCUT2D eigenvalue weighted by Gasteiger charge is 2.41. The highest BCUT2D eigenvalue weighted by atomic mass is 31.1. The van der Waals surface area contributed by atoms with Gasteiger partial charge in [0, 0.05) is 19.2 Å². The van der Waals surface area contributed by atoms with Gasteiger partial charge in [-0.1, -0.05) is 67.1 Å². The Balaban J connectivity index is 1.62. The van der Waals surface area contributed by atoms with E-state index in [1.54, 1.807) is 10.6 Å². The smallest absolute Gasteiger partial charge is 0.0618 e. The molecule has 2 aliphatic rings. The molecule has 2 nitrogen and oxygen atoms in total. The predicted octanol–water partition coefficient (Wildman–Crippen LogP) is 4.79. The minimum atomic E-state index is -0.318. The van der Waals surface area contributed by atoms with Crippen LogP contribution in [-0.4, -0.2) is 42.9 Å². The second-order valence-corrected chi connectivity index (χ2v) is 10.9. The van der Waals surface area contributed by atoms with E-state index in [-0.39, 0.29) is 7.92 Å². The number of rotatable bonds is 7. The van der Waals surface area contributed by atoms with Crippen molar-refractivity contribution >= 4 is 18.5 Å². The molecule has 1 aliphatic heterocycles. The van der Waals surface area contributed by atoms with Gasteiger partial charge in [0.1, 0.15) is 0 Å². The molecular weight excluding hydrogens is 361 g/mol. The van der Waals surface area contributed by atoms with Crippen molar-refractivity contribution in [1.29, 1.82) is 0 Å². The summed E-state index contributed by atoms with van der Waals surface area (Å²) in [7, 11) is 1.53. The molecule has 4 rings (SSSR count). The molecule has 0 amide bonds. The van der Waals surface area contributed by atoms with Gasteiger partial charge in [-0.15, -0.1) is 0 Å². The van der Waals surface area contributed by atoms with Gasteiger partial charge in [-0.2, -0.15) is 0 Å². The first kappa shape index (κ1) is 20.1. The normalized spacial score (nSPS) is 26.8. The summed E-state index contributed by atoms with van der Waals surface area (Å²) in [6.07, 6.45) is 6.73. The first-order chi connectivity index (χ1) is 13.8. The molecule has 2 aromatic rings. The number of hydrogen-bond donors (Lipinski definition) is 0. The van der Waals surface area contributed by atoms with E-state index in [0.29, 0.717) is 12.1 Å². The van der Waals surface area contributed by atoms with Gasteiger partial charge in [-0.05, 0) is 69.3 Å². The summed E-state index contributed by atoms with van der Waals surface area (Å²) in [5.41, 5.74) is 0.776. The van der Waals surface area contributed by atoms with Gasteiger partial charge in [0.15, 0.2) is 0 Å². The standard InChI is InChI=1S/C25H34NOP/c1-20(26-18-10-11-21(26)19-27-2)24-16-9-17-25(24)28(22-12-5-3-6-13-22)23-14-7-4-8-15-23/h3-8,12-15,20-21,24-25H,9-11,16-19H2,1-2H3/t20-,21+,24?,25+/m0/s1. The van der Waals surface area contributed by atoms with Crippen LogP contribution in [0.1, 0.15) is 39.0 Å². The third-order valence-corrected chi connectivity index (χ3v) is 9.87. The zero-order chi connectivity index (χ0) is 19.3. The van der Waals surface area contributed by atoms with Crippen molar-refractivity contribution in [2.75, 3.05) is 20.3 Å². The van der Waals surface area contributed by atoms with Crippen LogP contribution >= 0.6 is 7.92 Å². The largest absolute Gasteiger partial charge is 0.383 e. The molecule has 0 aromatic heterocycles. The number of hydrogen-bond acceptors (Lipinski definition) is 2. The van der Waals surface area contributed by atoms with Crippen molar-refractivity contribution in [3.8, 4) is 0 Å². The summed E-state index contributed by atoms with van der Waals surface area (Å²) < 4.78 is 5.54. The maximum absolute atomic E-state index is 5.54. The van der Waals surface area contributed by atoms with Crippen LogP contribution in [0.4, 0.5) is 0 Å². The molecule has 0 radical (unpaired) electrons. The Hall–Kier alpha value is -1.21. The van der Waals surface area contributed by atoms with Crippen LogP contribution in [-0.2, 0) is 4.74 Å². The molecule has 1 heterocycles. The number of likely N-dealkylation sites (tertiary alicyclic amines) is 1. The minimum Gasteiger partial charge on any atom is -0.383 e. The molecule has 1 saturated heterocycles. The summed E-state index contributed by atoms with van der Waals surface area (Å²) in [6, 6.07) is 23.9. The highest BCUT2D eigenvalue weighted by molar-refractivity contribution is 7.73. The van der Waals surface area contributed by atoms with Gasteiger partial charge in [0.05, 0.1) is 6.61 Å². The SMILES string of the molecule is COC[C@H]1CCCN1[C@@H](C)C1CCC[C@H]1P(c1ccccc1)c1ccccc1. The lowest BCUT2D eigenvalue weighted by Crippen LogP contribution is -2.46. The van der Waals surface area contributed by atoms with E-state index < -0.39 is 0 Å². The highest BCUT2D eigenvalue weighted by Crippen LogP contribution is 2.52. The third kappa shape index (κ3) is 4.20. The van der Waals surface area contributed by atoms with E-state index in [1.807, 2.05) is 7.11 Å². The molecule has 3 heteroatoms. The van der Waals surface area contributed by atoms with E-state index in [4.69, 9.17) is 4.74 Å². The number of benzene rings is 2. The van der Waals surface area contributed by atoms with Crippen LogP contribution in [0, 0.1) is 5.92 Å². The first-order valence-electron chi connectivity index (χ1n) is 10.9. The Kier molecular flexibility index (Phi) is 6.83. The molecule has 2 fully saturated rings. The molecular formula is C25H34NOP. The van der Waals surface area contributed by atoms with Gasteiger partial charge in [0.25, 0.3) is 0 Å². The van der Waals surface area contributed by atoms with Gasteiger partial charge in [-0.25, -0.2) is 0 Å². The van der Waals surface area contributed by atoms with Crippen molar-refractivity contribution in [2.24, 2.45) is 5.92 Å². The maximum atomic E-state index is 5.54. The Morgan fingerprint density at radius 2 is 1.57 bits per heavy atom. The predicted molar refractivity (Wildman–Crippen MR) is 121 cm³/mol. The van der Waals surface area contributed by atoms with Gasteiger partial charge >= 0.3 is 0 Å². The monoisotopic (exact) mass is 395 g/mol. The molecule has 150 valence electrons. The van der Waals surface area contributed by atoms with Crippen molar-refractivity contribution < 1.29 is 4.74 Å². The van der Waals surface area contributed by atoms with Crippen LogP contribution in [0.2, 0.25) is 0 Å². The van der Waals surface area contributed by atoms with E-state index in [2.05, 4.69) is 72.5 Å². The fraction of sp³-hybridized carbons (Fsp3) is 0.520. The summed E-state index contributed by atoms with van der Waals surface area (Å²) in [5, 5.41) is 3.09. The Morgan fingerprint density at radius 3 is 2.18 bits per heavy atom. The van der Waals surface area contributed by atoms with Gasteiger partial charge < -0.3 is 4.74 Å². The minimum absolute atomic E-state index is 0.318. The van der Waals surface area contributed by atoms with Crippen LogP contribution in [0.15, 0.2) is 60.7 Å². The second kappa shape index (κ2) is 9.53. The third-order valence-electron chi connectivity index (χ3n) is 6.86. The quantitative estimate of drug-likeness (QED) is 0.625. The lowest BCUT2D eigenvalue weighted by molar-refractivity contribution is 0.0750. The van der Waals surface area contributed by atoms with E-state index in [0.717, 1.165) is 18.2 Å². The Bertz CT molecular complexity index is 682. The number of nitrogens with zero attached hydrogens (tertiary/aromatic N) is 1. The van der Waals surface area contributed by atoms with Crippen LogP contribution < -0.4 is 10.6 Å². The summed E-state index contributed by atoms with van der Waals surface area (Å²) >= 11 is 0. The van der Waals surface area contributed by atoms with Crippen molar-refractivity contribution in [3.05, 3.63) is 60.7 Å². The maximum Gasteiger partial charge on any atom is 0.0618 e. The van der Waals surface area contributed by atoms with Crippen molar-refractivity contribution in [1.82, 2.24) is 4.90 Å². The number of methoxy groups -OCH3 is 1. The summed E-state index contributed by atoms with van der Waals surface area (Å²) in [4.78, 5) is 2.77. The lowest BCUT2D eigenvalue weighted by atomic mass is 9.97. The summed E-state index contributed by atoms with van der Waals surface area (Å²) in [6.45, 7) is 4.63. The van der Waals surface area contributed by atoms with E-state index >= 15 is 0 Å². The van der Waals surface area contributed by atoms with Crippen LogP contribution in [0.3, 0.4) is 0 Å². The average Bonchev–Trinajstić information content (AvgIpc) is 3.40. The topological polar surface area (TPSA) is 12.5 Å². The summed E-state index contributed by atoms with van der Waals surface area (Å²) in [5.74, 6) is 0.781. The van der Waals surface area contributed by atoms with Crippen LogP contribution in [0.25, 0.3) is 0 Å². The zero-order valence-corrected chi connectivity index (χ0v) is 18.2. The van der Waals surface area contributed by atoms with Crippen LogP contribution in [0.5, 0.6) is 0 Å². The molecule has 0 spiro atoms. The Labute approximate surface area is 172 Å². The molecule has 0 N–H and O–H groups in total. The zero-order valence-electron chi connectivity index (χ0n) is 17.3. The molecule has 4 atom stereocenters. The van der Waals surface area contributed by atoms with E-state index in [1.165, 1.54) is 38.6 Å². The lowest BCUT2D eigenvalue weighted by Gasteiger charge is -2.39. The molecule has 1 unspecified atom stereocenters. The van der Waals surface area contributed by atoms with Crippen molar-refractivity contribution in [3.63, 3.8) is 0 Å². The molecule has 0 bridgehead atoms. The number of ether oxygens (including phenoxy) is 1. The second-order valence-electron chi connectivity index (χ2n) is 8.43. The van der Waals surface area contributed by atoms with Crippen molar-refractivity contribution in [2.45, 2.75) is 56.8 Å².